The second-order valence-corrected chi connectivity index (χ2v) is 5.04. The van der Waals surface area contributed by atoms with Crippen molar-refractivity contribution in [1.29, 1.82) is 0 Å². The highest BCUT2D eigenvalue weighted by Crippen LogP contribution is 2.18. The van der Waals surface area contributed by atoms with Crippen molar-refractivity contribution in [3.05, 3.63) is 47.5 Å². The zero-order valence-corrected chi connectivity index (χ0v) is 12.5. The lowest BCUT2D eigenvalue weighted by Gasteiger charge is -2.10. The van der Waals surface area contributed by atoms with Crippen LogP contribution < -0.4 is 10.1 Å². The van der Waals surface area contributed by atoms with E-state index in [0.29, 0.717) is 19.6 Å². The summed E-state index contributed by atoms with van der Waals surface area (Å²) in [5.41, 5.74) is 3.31. The summed E-state index contributed by atoms with van der Waals surface area (Å²) in [6.07, 6.45) is 4.50. The van der Waals surface area contributed by atoms with E-state index in [-0.39, 0.29) is 5.91 Å². The van der Waals surface area contributed by atoms with Crippen LogP contribution >= 0.6 is 0 Å². The topological polar surface area (TPSA) is 67.0 Å². The molecule has 5 heteroatoms. The normalized spacial score (nSPS) is 10.4. The summed E-state index contributed by atoms with van der Waals surface area (Å²) in [4.78, 5) is 18.6. The number of hydrogen-bond acceptors (Lipinski definition) is 3. The fourth-order valence-corrected chi connectivity index (χ4v) is 2.06. The summed E-state index contributed by atoms with van der Waals surface area (Å²) >= 11 is 0. The number of aryl methyl sites for hydroxylation is 2. The molecule has 2 aromatic rings. The number of ether oxygens (including phenoxy) is 1. The van der Waals surface area contributed by atoms with Gasteiger partial charge in [0.2, 0.25) is 5.91 Å². The van der Waals surface area contributed by atoms with Crippen LogP contribution in [0.4, 0.5) is 0 Å². The van der Waals surface area contributed by atoms with E-state index in [9.17, 15) is 4.79 Å². The molecule has 0 aliphatic carbocycles. The number of imidazole rings is 1. The number of carbonyl (C=O) groups is 1. The minimum absolute atomic E-state index is 0.000667. The van der Waals surface area contributed by atoms with Crippen LogP contribution in [0.5, 0.6) is 5.75 Å². The zero-order valence-electron chi connectivity index (χ0n) is 12.5. The second-order valence-electron chi connectivity index (χ2n) is 5.04. The fourth-order valence-electron chi connectivity index (χ4n) is 2.06. The largest absolute Gasteiger partial charge is 0.493 e. The van der Waals surface area contributed by atoms with Crippen molar-refractivity contribution in [3.63, 3.8) is 0 Å². The maximum atomic E-state index is 11.7. The van der Waals surface area contributed by atoms with Crippen molar-refractivity contribution in [3.8, 4) is 5.75 Å². The number of aromatic nitrogens is 2. The molecule has 5 nitrogen and oxygen atoms in total. The second kappa shape index (κ2) is 7.47. The first kappa shape index (κ1) is 15.1. The third-order valence-corrected chi connectivity index (χ3v) is 3.19. The molecule has 1 aromatic heterocycles. The molecule has 1 amide bonds. The van der Waals surface area contributed by atoms with Crippen molar-refractivity contribution in [2.45, 2.75) is 26.7 Å². The first-order valence-corrected chi connectivity index (χ1v) is 7.09. The van der Waals surface area contributed by atoms with Crippen LogP contribution in [0.1, 0.15) is 23.2 Å². The van der Waals surface area contributed by atoms with Crippen LogP contribution in [0.3, 0.4) is 0 Å². The Morgan fingerprint density at radius 2 is 2.24 bits per heavy atom. The van der Waals surface area contributed by atoms with Crippen molar-refractivity contribution < 1.29 is 9.53 Å². The Kier molecular flexibility index (Phi) is 5.37. The van der Waals surface area contributed by atoms with Crippen LogP contribution in [0, 0.1) is 13.8 Å². The van der Waals surface area contributed by atoms with Crippen LogP contribution in [-0.2, 0) is 11.2 Å². The van der Waals surface area contributed by atoms with Crippen molar-refractivity contribution in [1.82, 2.24) is 15.3 Å². The van der Waals surface area contributed by atoms with Gasteiger partial charge in [0.05, 0.1) is 19.4 Å². The van der Waals surface area contributed by atoms with Gasteiger partial charge in [0.15, 0.2) is 0 Å². The van der Waals surface area contributed by atoms with E-state index < -0.39 is 0 Å². The van der Waals surface area contributed by atoms with E-state index in [2.05, 4.69) is 21.4 Å². The maximum absolute atomic E-state index is 11.7. The number of hydrogen-bond donors (Lipinski definition) is 2. The Morgan fingerprint density at radius 3 is 2.95 bits per heavy atom. The number of benzene rings is 1. The highest BCUT2D eigenvalue weighted by atomic mass is 16.5. The number of carbonyl (C=O) groups excluding carboxylic acids is 1. The van der Waals surface area contributed by atoms with Gasteiger partial charge < -0.3 is 15.0 Å². The molecule has 0 spiro atoms. The van der Waals surface area contributed by atoms with Crippen LogP contribution in [0.15, 0.2) is 30.7 Å². The molecule has 0 unspecified atom stereocenters. The quantitative estimate of drug-likeness (QED) is 0.820. The lowest BCUT2D eigenvalue weighted by Crippen LogP contribution is -2.27. The van der Waals surface area contributed by atoms with E-state index in [0.717, 1.165) is 23.4 Å². The summed E-state index contributed by atoms with van der Waals surface area (Å²) in [6.45, 7) is 5.04. The Labute approximate surface area is 124 Å². The monoisotopic (exact) mass is 287 g/mol. The van der Waals surface area contributed by atoms with Gasteiger partial charge in [-0.1, -0.05) is 17.7 Å². The third kappa shape index (κ3) is 4.95. The highest BCUT2D eigenvalue weighted by molar-refractivity contribution is 5.75. The molecule has 0 radical (unpaired) electrons. The fraction of sp³-hybridized carbons (Fsp3) is 0.375. The van der Waals surface area contributed by atoms with Gasteiger partial charge in [-0.15, -0.1) is 0 Å². The molecule has 21 heavy (non-hydrogen) atoms. The van der Waals surface area contributed by atoms with E-state index in [4.69, 9.17) is 4.74 Å². The molecule has 2 rings (SSSR count). The van der Waals surface area contributed by atoms with Crippen molar-refractivity contribution >= 4 is 5.91 Å². The van der Waals surface area contributed by atoms with Crippen molar-refractivity contribution in [2.24, 2.45) is 0 Å². The lowest BCUT2D eigenvalue weighted by molar-refractivity contribution is -0.121. The average Bonchev–Trinajstić information content (AvgIpc) is 2.94. The van der Waals surface area contributed by atoms with E-state index in [1.165, 1.54) is 5.56 Å². The summed E-state index contributed by atoms with van der Waals surface area (Å²) in [6, 6.07) is 6.02. The van der Waals surface area contributed by atoms with E-state index >= 15 is 0 Å². The molecule has 0 bridgehead atoms. The molecular weight excluding hydrogens is 266 g/mol. The van der Waals surface area contributed by atoms with E-state index in [1.54, 1.807) is 12.5 Å². The van der Waals surface area contributed by atoms with Gasteiger partial charge in [-0.3, -0.25) is 4.79 Å². The number of rotatable bonds is 7. The van der Waals surface area contributed by atoms with Crippen molar-refractivity contribution in [2.75, 3.05) is 13.2 Å². The summed E-state index contributed by atoms with van der Waals surface area (Å²) < 4.78 is 5.64. The molecule has 1 aromatic carbocycles. The Morgan fingerprint density at radius 1 is 1.38 bits per heavy atom. The van der Waals surface area contributed by atoms with Gasteiger partial charge in [-0.2, -0.15) is 0 Å². The number of nitrogens with zero attached hydrogens (tertiary/aromatic N) is 1. The van der Waals surface area contributed by atoms with Gasteiger partial charge in [-0.25, -0.2) is 4.98 Å². The Bertz CT molecular complexity index is 579. The first-order valence-electron chi connectivity index (χ1n) is 7.09. The maximum Gasteiger partial charge on any atom is 0.223 e. The zero-order chi connectivity index (χ0) is 15.1. The Hall–Kier alpha value is -2.30. The van der Waals surface area contributed by atoms with Crippen LogP contribution in [0.25, 0.3) is 0 Å². The Balaban J connectivity index is 1.64. The van der Waals surface area contributed by atoms with Gasteiger partial charge in [0.25, 0.3) is 0 Å². The van der Waals surface area contributed by atoms with E-state index in [1.807, 2.05) is 26.0 Å². The third-order valence-electron chi connectivity index (χ3n) is 3.19. The minimum atomic E-state index is -0.000667. The molecule has 112 valence electrons. The predicted molar refractivity (Wildman–Crippen MR) is 81.3 cm³/mol. The SMILES string of the molecule is Cc1ccc(OCCC(=O)NCCc2cnc[nH]2)c(C)c1. The predicted octanol–water partition coefficient (Wildman–Crippen LogP) is 2.15. The number of aromatic amines is 1. The molecule has 0 atom stereocenters. The lowest BCUT2D eigenvalue weighted by atomic mass is 10.1. The van der Waals surface area contributed by atoms with Gasteiger partial charge >= 0.3 is 0 Å². The van der Waals surface area contributed by atoms with Crippen LogP contribution in [0.2, 0.25) is 0 Å². The molecule has 0 saturated carbocycles. The molecule has 0 aliphatic heterocycles. The molecule has 2 N–H and O–H groups in total. The minimum Gasteiger partial charge on any atom is -0.493 e. The van der Waals surface area contributed by atoms with Crippen LogP contribution in [-0.4, -0.2) is 29.0 Å². The number of nitrogens with one attached hydrogen (secondary N) is 2. The number of amides is 1. The molecule has 0 fully saturated rings. The molecule has 1 heterocycles. The standard InChI is InChI=1S/C16H21N3O2/c1-12-3-4-15(13(2)9-12)21-8-6-16(20)18-7-5-14-10-17-11-19-14/h3-4,9-11H,5-8H2,1-2H3,(H,17,19)(H,18,20). The summed E-state index contributed by atoms with van der Waals surface area (Å²) in [7, 11) is 0. The first-order chi connectivity index (χ1) is 10.1. The average molecular weight is 287 g/mol. The van der Waals surface area contributed by atoms with Gasteiger partial charge in [0.1, 0.15) is 5.75 Å². The molecule has 0 aliphatic rings. The summed E-state index contributed by atoms with van der Waals surface area (Å²) in [5, 5.41) is 2.86. The highest BCUT2D eigenvalue weighted by Gasteiger charge is 2.04. The van der Waals surface area contributed by atoms with Gasteiger partial charge in [-0.05, 0) is 25.5 Å². The summed E-state index contributed by atoms with van der Waals surface area (Å²) in [5.74, 6) is 0.838. The smallest absolute Gasteiger partial charge is 0.223 e. The molecular formula is C16H21N3O2. The number of H-pyrrole nitrogens is 1. The van der Waals surface area contributed by atoms with Gasteiger partial charge in [0, 0.05) is 24.9 Å². The molecule has 0 saturated heterocycles.